The number of para-hydroxylation sites is 2. The van der Waals surface area contributed by atoms with Gasteiger partial charge in [0.25, 0.3) is 0 Å². The predicted molar refractivity (Wildman–Crippen MR) is 235 cm³/mol. The third-order valence-corrected chi connectivity index (χ3v) is 10.0. The Morgan fingerprint density at radius 1 is 0.410 bits per heavy atom. The van der Waals surface area contributed by atoms with Crippen molar-refractivity contribution in [3.8, 4) is 28.5 Å². The number of pyridine rings is 2. The molecule has 0 fully saturated rings. The fourth-order valence-electron chi connectivity index (χ4n) is 7.49. The standard InChI is InChI=1S/C51H34N8.2Pt/c1-35-54-36(2)56-51(55-35)59-49-33-43(57(39-17-5-3-6-18-39)41-21-13-15-37(31-41)47-23-9-11-29-52-47)25-27-45(49)46-28-26-44(34-50(46)59)58(40-19-7-4-8-20-40)42-22-14-16-38(32-42)48-24-10-12-30-53-48;;/h3-30H,1-2H3;;/q-4;2*+2. The zero-order chi connectivity index (χ0) is 39.7. The average molecular weight is 1150 g/mol. The molecule has 0 aliphatic heterocycles. The number of nitrogens with zero attached hydrogens (tertiary/aromatic N) is 8. The van der Waals surface area contributed by atoms with Crippen molar-refractivity contribution in [3.05, 3.63) is 206 Å². The van der Waals surface area contributed by atoms with E-state index in [-0.39, 0.29) is 42.1 Å². The molecule has 0 radical (unpaired) electrons. The molecule has 0 spiro atoms. The quantitative estimate of drug-likeness (QED) is 0.133. The summed E-state index contributed by atoms with van der Waals surface area (Å²) in [6.45, 7) is 3.78. The van der Waals surface area contributed by atoms with Gasteiger partial charge in [-0.15, -0.1) is 83.9 Å². The van der Waals surface area contributed by atoms with Crippen LogP contribution in [-0.2, 0) is 42.1 Å². The van der Waals surface area contributed by atoms with Crippen LogP contribution in [0.15, 0.2) is 170 Å². The second-order valence-corrected chi connectivity index (χ2v) is 13.9. The van der Waals surface area contributed by atoms with Gasteiger partial charge in [-0.25, -0.2) is 4.98 Å². The van der Waals surface area contributed by atoms with Crippen LogP contribution in [0.4, 0.5) is 34.1 Å². The monoisotopic (exact) mass is 1150 g/mol. The smallest absolute Gasteiger partial charge is 0.352 e. The van der Waals surface area contributed by atoms with Crippen LogP contribution >= 0.6 is 0 Å². The first-order valence-electron chi connectivity index (χ1n) is 19.3. The van der Waals surface area contributed by atoms with Crippen molar-refractivity contribution in [2.45, 2.75) is 13.8 Å². The van der Waals surface area contributed by atoms with Gasteiger partial charge < -0.3 is 24.3 Å². The van der Waals surface area contributed by atoms with Crippen molar-refractivity contribution in [3.63, 3.8) is 0 Å². The van der Waals surface area contributed by atoms with Crippen LogP contribution in [0.2, 0.25) is 0 Å². The second kappa shape index (κ2) is 17.9. The van der Waals surface area contributed by atoms with E-state index in [9.17, 15) is 0 Å². The van der Waals surface area contributed by atoms with Gasteiger partial charge in [-0.3, -0.25) is 0 Å². The number of hydrogen-bond donors (Lipinski definition) is 0. The first-order valence-corrected chi connectivity index (χ1v) is 19.3. The summed E-state index contributed by atoms with van der Waals surface area (Å²) in [6, 6.07) is 68.0. The Labute approximate surface area is 383 Å². The number of fused-ring (bicyclic) bond motifs is 3. The van der Waals surface area contributed by atoms with Crippen molar-refractivity contribution in [2.24, 2.45) is 0 Å². The average Bonchev–Trinajstić information content (AvgIpc) is 3.61. The van der Waals surface area contributed by atoms with Crippen LogP contribution in [0.5, 0.6) is 0 Å². The maximum absolute atomic E-state index is 4.90. The van der Waals surface area contributed by atoms with Gasteiger partial charge in [0.05, 0.1) is 0 Å². The molecule has 10 rings (SSSR count). The molecule has 10 aromatic rings. The minimum Gasteiger partial charge on any atom is -0.352 e. The summed E-state index contributed by atoms with van der Waals surface area (Å²) in [5.41, 5.74) is 10.3. The Hall–Kier alpha value is -6.59. The topological polar surface area (TPSA) is 75.9 Å². The molecule has 298 valence electrons. The fraction of sp³-hybridized carbons (Fsp3) is 0.0392. The van der Waals surface area contributed by atoms with Gasteiger partial charge >= 0.3 is 42.1 Å². The summed E-state index contributed by atoms with van der Waals surface area (Å²) in [6.07, 6.45) is 3.60. The Balaban J connectivity index is 0.00000257. The number of rotatable bonds is 9. The summed E-state index contributed by atoms with van der Waals surface area (Å²) in [4.78, 5) is 27.9. The fourth-order valence-corrected chi connectivity index (χ4v) is 7.49. The van der Waals surface area contributed by atoms with E-state index in [0.717, 1.165) is 78.4 Å². The molecule has 8 nitrogen and oxygen atoms in total. The van der Waals surface area contributed by atoms with E-state index < -0.39 is 0 Å². The molecule has 0 saturated heterocycles. The van der Waals surface area contributed by atoms with Crippen molar-refractivity contribution >= 4 is 55.9 Å². The normalized spacial score (nSPS) is 10.9. The summed E-state index contributed by atoms with van der Waals surface area (Å²) in [7, 11) is 0. The summed E-state index contributed by atoms with van der Waals surface area (Å²) in [5, 5.41) is 1.97. The summed E-state index contributed by atoms with van der Waals surface area (Å²) in [5.74, 6) is 1.73. The second-order valence-electron chi connectivity index (χ2n) is 13.9. The largest absolute Gasteiger partial charge is 2.00 e. The number of aromatic nitrogens is 6. The summed E-state index contributed by atoms with van der Waals surface area (Å²) < 4.78 is 2.05. The predicted octanol–water partition coefficient (Wildman–Crippen LogP) is 11.8. The van der Waals surface area contributed by atoms with Crippen LogP contribution in [0.1, 0.15) is 11.6 Å². The third kappa shape index (κ3) is 8.17. The molecule has 10 heteroatoms. The maximum Gasteiger partial charge on any atom is 2.00 e. The van der Waals surface area contributed by atoms with Crippen LogP contribution < -0.4 is 9.80 Å². The molecular weight excluding hydrogens is 1110 g/mol. The molecule has 0 bridgehead atoms. The molecule has 0 aliphatic carbocycles. The van der Waals surface area contributed by atoms with Crippen molar-refractivity contribution in [1.29, 1.82) is 0 Å². The molecule has 0 unspecified atom stereocenters. The van der Waals surface area contributed by atoms with E-state index in [2.05, 4.69) is 110 Å². The number of hydrogen-bond acceptors (Lipinski definition) is 7. The van der Waals surface area contributed by atoms with Crippen LogP contribution in [-0.4, -0.2) is 29.5 Å². The Morgan fingerprint density at radius 3 is 1.26 bits per heavy atom. The molecule has 0 N–H and O–H groups in total. The van der Waals surface area contributed by atoms with Crippen LogP contribution in [0, 0.1) is 38.1 Å². The number of benzene rings is 6. The van der Waals surface area contributed by atoms with Crippen LogP contribution in [0.3, 0.4) is 0 Å². The zero-order valence-corrected chi connectivity index (χ0v) is 37.4. The maximum atomic E-state index is 4.90. The molecule has 0 aliphatic rings. The molecule has 0 atom stereocenters. The molecule has 4 heterocycles. The van der Waals surface area contributed by atoms with E-state index in [0.29, 0.717) is 17.6 Å². The first kappa shape index (κ1) is 41.2. The molecular formula is C51H34N8Pt2. The van der Waals surface area contributed by atoms with Gasteiger partial charge in [-0.2, -0.15) is 32.9 Å². The van der Waals surface area contributed by atoms with Crippen molar-refractivity contribution < 1.29 is 42.1 Å². The first-order chi connectivity index (χ1) is 29.1. The van der Waals surface area contributed by atoms with E-state index in [1.54, 1.807) is 12.4 Å². The Morgan fingerprint density at radius 2 is 0.836 bits per heavy atom. The van der Waals surface area contributed by atoms with E-state index in [1.165, 1.54) is 0 Å². The van der Waals surface area contributed by atoms with Crippen molar-refractivity contribution in [1.82, 2.24) is 29.5 Å². The van der Waals surface area contributed by atoms with Gasteiger partial charge in [-0.1, -0.05) is 83.1 Å². The van der Waals surface area contributed by atoms with Gasteiger partial charge in [0.1, 0.15) is 11.6 Å². The molecule has 61 heavy (non-hydrogen) atoms. The van der Waals surface area contributed by atoms with Gasteiger partial charge in [0, 0.05) is 23.8 Å². The Bertz CT molecular complexity index is 2890. The zero-order valence-electron chi connectivity index (χ0n) is 32.9. The van der Waals surface area contributed by atoms with Gasteiger partial charge in [-0.05, 0) is 73.0 Å². The van der Waals surface area contributed by atoms with E-state index in [1.807, 2.05) is 115 Å². The Kier molecular flexibility index (Phi) is 12.1. The van der Waals surface area contributed by atoms with Gasteiger partial charge in [0.2, 0.25) is 5.95 Å². The molecule has 4 aromatic heterocycles. The third-order valence-electron chi connectivity index (χ3n) is 10.0. The molecule has 0 amide bonds. The van der Waals surface area contributed by atoms with E-state index >= 15 is 0 Å². The number of anilines is 6. The summed E-state index contributed by atoms with van der Waals surface area (Å²) >= 11 is 0. The van der Waals surface area contributed by atoms with E-state index in [4.69, 9.17) is 9.97 Å². The van der Waals surface area contributed by atoms with Gasteiger partial charge in [0.15, 0.2) is 0 Å². The number of aryl methyl sites for hydroxylation is 2. The molecule has 6 aromatic carbocycles. The molecule has 0 saturated carbocycles. The minimum atomic E-state index is 0. The SMILES string of the molecule is Cc1nc(C)nc(-n2c3[c-]c(N(c4[c-]c(-c5ccccn5)ccc4)c4ccccc4)ccc3c3ccc(N(c4[c-]c(-c5ccccn5)ccc4)c4ccccc4)[c-]c32)n1.[Pt+2].[Pt+2]. The minimum absolute atomic E-state index is 0. The van der Waals surface area contributed by atoms with Crippen LogP contribution in [0.25, 0.3) is 50.3 Å². The van der Waals surface area contributed by atoms with Crippen molar-refractivity contribution in [2.75, 3.05) is 9.80 Å².